The van der Waals surface area contributed by atoms with Crippen LogP contribution in [0.2, 0.25) is 0 Å². The highest BCUT2D eigenvalue weighted by molar-refractivity contribution is 5.80. The van der Waals surface area contributed by atoms with Gasteiger partial charge in [0.2, 0.25) is 5.95 Å². The predicted molar refractivity (Wildman–Crippen MR) is 91.8 cm³/mol. The van der Waals surface area contributed by atoms with Crippen molar-refractivity contribution in [1.82, 2.24) is 24.9 Å². The lowest BCUT2D eigenvalue weighted by atomic mass is 10.1. The smallest absolute Gasteiger partial charge is 0.306 e. The summed E-state index contributed by atoms with van der Waals surface area (Å²) in [6.07, 6.45) is 1.41. The number of nitrogen functional groups attached to an aromatic ring is 1. The minimum Gasteiger partial charge on any atom is -0.456 e. The van der Waals surface area contributed by atoms with E-state index in [9.17, 15) is 9.59 Å². The first-order chi connectivity index (χ1) is 11.8. The Bertz CT molecular complexity index is 786. The topological polar surface area (TPSA) is 124 Å². The highest BCUT2D eigenvalue weighted by atomic mass is 16.5. The average molecular weight is 348 g/mol. The first kappa shape index (κ1) is 18.6. The maximum atomic E-state index is 11.9. The molecule has 136 valence electrons. The highest BCUT2D eigenvalue weighted by Crippen LogP contribution is 2.16. The van der Waals surface area contributed by atoms with Gasteiger partial charge >= 0.3 is 5.97 Å². The van der Waals surface area contributed by atoms with Crippen LogP contribution in [0.25, 0.3) is 5.78 Å². The molecule has 2 rings (SSSR count). The molecule has 0 unspecified atom stereocenters. The van der Waals surface area contributed by atoms with E-state index in [-0.39, 0.29) is 30.9 Å². The maximum absolute atomic E-state index is 11.9. The number of hydrogen-bond acceptors (Lipinski definition) is 7. The van der Waals surface area contributed by atoms with Crippen LogP contribution in [-0.2, 0) is 20.7 Å². The maximum Gasteiger partial charge on any atom is 0.306 e. The molecule has 9 heteroatoms. The molecule has 0 aliphatic rings. The Morgan fingerprint density at radius 2 is 2.04 bits per heavy atom. The number of hydrogen-bond donors (Lipinski definition) is 2. The highest BCUT2D eigenvalue weighted by Gasteiger charge is 2.15. The molecule has 3 N–H and O–H groups in total. The van der Waals surface area contributed by atoms with Crippen molar-refractivity contribution in [1.29, 1.82) is 0 Å². The molecule has 2 aromatic heterocycles. The molecular weight excluding hydrogens is 324 g/mol. The van der Waals surface area contributed by atoms with E-state index in [0.29, 0.717) is 12.2 Å². The van der Waals surface area contributed by atoms with Crippen LogP contribution in [0, 0.1) is 13.8 Å². The molecule has 1 atom stereocenters. The van der Waals surface area contributed by atoms with Gasteiger partial charge in [-0.15, -0.1) is 5.10 Å². The van der Waals surface area contributed by atoms with Crippen LogP contribution in [0.5, 0.6) is 0 Å². The largest absolute Gasteiger partial charge is 0.456 e. The summed E-state index contributed by atoms with van der Waals surface area (Å²) in [6, 6.07) is 0.0596. The van der Waals surface area contributed by atoms with Gasteiger partial charge in [-0.1, -0.05) is 6.92 Å². The fourth-order valence-electron chi connectivity index (χ4n) is 2.45. The van der Waals surface area contributed by atoms with Crippen molar-refractivity contribution in [3.05, 3.63) is 17.0 Å². The normalized spacial score (nSPS) is 12.2. The van der Waals surface area contributed by atoms with Crippen LogP contribution in [-0.4, -0.2) is 44.1 Å². The Morgan fingerprint density at radius 3 is 2.72 bits per heavy atom. The minimum atomic E-state index is -0.434. The van der Waals surface area contributed by atoms with Gasteiger partial charge in [0.1, 0.15) is 0 Å². The number of fused-ring (bicyclic) bond motifs is 1. The van der Waals surface area contributed by atoms with E-state index in [1.807, 2.05) is 27.7 Å². The Morgan fingerprint density at radius 1 is 1.32 bits per heavy atom. The molecule has 2 heterocycles. The first-order valence-corrected chi connectivity index (χ1v) is 8.25. The molecule has 0 radical (unpaired) electrons. The second-order valence-corrected chi connectivity index (χ2v) is 5.98. The molecule has 9 nitrogen and oxygen atoms in total. The van der Waals surface area contributed by atoms with E-state index in [1.165, 1.54) is 0 Å². The van der Waals surface area contributed by atoms with Gasteiger partial charge < -0.3 is 15.8 Å². The monoisotopic (exact) mass is 348 g/mol. The number of aryl methyl sites for hydroxylation is 2. The number of anilines is 1. The number of nitrogens with zero attached hydrogens (tertiary/aromatic N) is 4. The zero-order valence-corrected chi connectivity index (χ0v) is 15.0. The summed E-state index contributed by atoms with van der Waals surface area (Å²) in [4.78, 5) is 31.9. The van der Waals surface area contributed by atoms with Crippen LogP contribution < -0.4 is 11.1 Å². The minimum absolute atomic E-state index is 0.0596. The Balaban J connectivity index is 1.93. The number of carbonyl (C=O) groups excluding carboxylic acids is 2. The van der Waals surface area contributed by atoms with E-state index in [2.05, 4.69) is 20.4 Å². The second kappa shape index (κ2) is 7.91. The lowest BCUT2D eigenvalue weighted by Crippen LogP contribution is -2.35. The van der Waals surface area contributed by atoms with Gasteiger partial charge in [-0.3, -0.25) is 9.59 Å². The molecule has 1 amide bonds. The number of nitrogens with two attached hydrogens (primary N) is 1. The third-order valence-electron chi connectivity index (χ3n) is 4.03. The van der Waals surface area contributed by atoms with E-state index in [4.69, 9.17) is 10.5 Å². The lowest BCUT2D eigenvalue weighted by Gasteiger charge is -2.12. The van der Waals surface area contributed by atoms with Gasteiger partial charge in [-0.05, 0) is 39.2 Å². The summed E-state index contributed by atoms with van der Waals surface area (Å²) in [5, 5.41) is 6.83. The van der Waals surface area contributed by atoms with Crippen LogP contribution in [0.15, 0.2) is 0 Å². The number of aromatic nitrogens is 4. The fraction of sp³-hybridized carbons (Fsp3) is 0.562. The van der Waals surface area contributed by atoms with Crippen LogP contribution >= 0.6 is 0 Å². The molecular formula is C16H24N6O3. The van der Waals surface area contributed by atoms with Crippen molar-refractivity contribution < 1.29 is 14.3 Å². The summed E-state index contributed by atoms with van der Waals surface area (Å²) < 4.78 is 6.57. The predicted octanol–water partition coefficient (Wildman–Crippen LogP) is 0.714. The number of rotatable bonds is 7. The molecule has 0 aliphatic heterocycles. The van der Waals surface area contributed by atoms with E-state index >= 15 is 0 Å². The number of carbonyl (C=O) groups is 2. The van der Waals surface area contributed by atoms with Crippen molar-refractivity contribution in [2.75, 3.05) is 12.3 Å². The quantitative estimate of drug-likeness (QED) is 0.706. The summed E-state index contributed by atoms with van der Waals surface area (Å²) in [5.41, 5.74) is 8.08. The van der Waals surface area contributed by atoms with Gasteiger partial charge in [0.15, 0.2) is 6.61 Å². The van der Waals surface area contributed by atoms with Gasteiger partial charge in [0.25, 0.3) is 11.7 Å². The van der Waals surface area contributed by atoms with Crippen molar-refractivity contribution in [3.8, 4) is 0 Å². The van der Waals surface area contributed by atoms with Crippen LogP contribution in [0.1, 0.15) is 43.6 Å². The Hall–Kier alpha value is -2.71. The summed E-state index contributed by atoms with van der Waals surface area (Å²) >= 11 is 0. The summed E-state index contributed by atoms with van der Waals surface area (Å²) in [5.74, 6) is -0.146. The number of amides is 1. The van der Waals surface area contributed by atoms with Crippen LogP contribution in [0.3, 0.4) is 0 Å². The SMILES string of the molecule is CC[C@H](C)NC(=O)COC(=O)CCc1c(C)nc2nc(N)nn2c1C. The van der Waals surface area contributed by atoms with E-state index < -0.39 is 5.97 Å². The molecule has 0 spiro atoms. The average Bonchev–Trinajstić information content (AvgIpc) is 2.93. The lowest BCUT2D eigenvalue weighted by molar-refractivity contribution is -0.148. The number of nitrogens with one attached hydrogen (secondary N) is 1. The fourth-order valence-corrected chi connectivity index (χ4v) is 2.45. The zero-order valence-electron chi connectivity index (χ0n) is 15.0. The second-order valence-electron chi connectivity index (χ2n) is 5.98. The van der Waals surface area contributed by atoms with Crippen molar-refractivity contribution >= 4 is 23.6 Å². The van der Waals surface area contributed by atoms with Gasteiger partial charge in [0.05, 0.1) is 0 Å². The molecule has 25 heavy (non-hydrogen) atoms. The van der Waals surface area contributed by atoms with Crippen molar-refractivity contribution in [3.63, 3.8) is 0 Å². The van der Waals surface area contributed by atoms with E-state index in [0.717, 1.165) is 23.4 Å². The molecule has 0 bridgehead atoms. The Kier molecular flexibility index (Phi) is 5.89. The number of esters is 1. The third-order valence-corrected chi connectivity index (χ3v) is 4.03. The molecule has 0 fully saturated rings. The molecule has 0 saturated heterocycles. The molecule has 0 saturated carbocycles. The van der Waals surface area contributed by atoms with E-state index in [1.54, 1.807) is 4.52 Å². The summed E-state index contributed by atoms with van der Waals surface area (Å²) in [6.45, 7) is 7.31. The molecule has 2 aromatic rings. The first-order valence-electron chi connectivity index (χ1n) is 8.25. The zero-order chi connectivity index (χ0) is 18.6. The van der Waals surface area contributed by atoms with Gasteiger partial charge in [0, 0.05) is 23.9 Å². The van der Waals surface area contributed by atoms with Crippen molar-refractivity contribution in [2.45, 2.75) is 53.0 Å². The van der Waals surface area contributed by atoms with Crippen LogP contribution in [0.4, 0.5) is 5.95 Å². The van der Waals surface area contributed by atoms with Crippen molar-refractivity contribution in [2.24, 2.45) is 0 Å². The molecule has 0 aromatic carbocycles. The molecule has 0 aliphatic carbocycles. The Labute approximate surface area is 146 Å². The standard InChI is InChI=1S/C16H24N6O3/c1-5-9(2)18-13(23)8-25-14(24)7-6-12-10(3)19-16-20-15(17)21-22(16)11(12)4/h9H,5-8H2,1-4H3,(H2,17,21)(H,18,23)/t9-/m0/s1. The third kappa shape index (κ3) is 4.65. The van der Waals surface area contributed by atoms with Gasteiger partial charge in [-0.25, -0.2) is 4.98 Å². The number of ether oxygens (including phenoxy) is 1. The van der Waals surface area contributed by atoms with Gasteiger partial charge in [-0.2, -0.15) is 9.50 Å². The summed E-state index contributed by atoms with van der Waals surface area (Å²) in [7, 11) is 0.